The van der Waals surface area contributed by atoms with Crippen LogP contribution in [0.25, 0.3) is 0 Å². The van der Waals surface area contributed by atoms with E-state index in [0.29, 0.717) is 18.0 Å². The van der Waals surface area contributed by atoms with Gasteiger partial charge in [0.2, 0.25) is 0 Å². The summed E-state index contributed by atoms with van der Waals surface area (Å²) in [4.78, 5) is 2.41. The van der Waals surface area contributed by atoms with Crippen LogP contribution in [0.5, 0.6) is 0 Å². The van der Waals surface area contributed by atoms with Crippen LogP contribution in [0.1, 0.15) is 34.1 Å². The summed E-state index contributed by atoms with van der Waals surface area (Å²) >= 11 is 0. The Hall–Kier alpha value is -0.0800. The van der Waals surface area contributed by atoms with Crippen molar-refractivity contribution in [3.63, 3.8) is 0 Å². The molecule has 0 radical (unpaired) electrons. The molecule has 2 heteroatoms. The van der Waals surface area contributed by atoms with Gasteiger partial charge in [0.15, 0.2) is 0 Å². The van der Waals surface area contributed by atoms with E-state index in [2.05, 4.69) is 32.6 Å². The predicted octanol–water partition coefficient (Wildman–Crippen LogP) is 1.49. The molecule has 1 aliphatic heterocycles. The molecule has 0 bridgehead atoms. The first-order valence-electron chi connectivity index (χ1n) is 4.96. The lowest BCUT2D eigenvalue weighted by Gasteiger charge is -2.30. The highest BCUT2D eigenvalue weighted by Gasteiger charge is 2.33. The Balaban J connectivity index is 2.59. The Morgan fingerprint density at radius 1 is 1.25 bits per heavy atom. The van der Waals surface area contributed by atoms with Crippen molar-refractivity contribution < 1.29 is 5.11 Å². The maximum atomic E-state index is 9.53. The van der Waals surface area contributed by atoms with Gasteiger partial charge < -0.3 is 5.11 Å². The number of rotatable bonds is 2. The maximum Gasteiger partial charge on any atom is 0.0682 e. The van der Waals surface area contributed by atoms with Crippen molar-refractivity contribution in [3.05, 3.63) is 0 Å². The molecular formula is C10H21NO. The third-order valence-corrected chi connectivity index (χ3v) is 2.79. The first-order chi connectivity index (χ1) is 5.52. The zero-order valence-corrected chi connectivity index (χ0v) is 8.62. The van der Waals surface area contributed by atoms with E-state index in [4.69, 9.17) is 0 Å². The molecule has 1 saturated heterocycles. The molecule has 0 aromatic heterocycles. The van der Waals surface area contributed by atoms with Crippen molar-refractivity contribution in [2.45, 2.75) is 52.3 Å². The van der Waals surface area contributed by atoms with E-state index in [-0.39, 0.29) is 6.10 Å². The Labute approximate surface area is 75.6 Å². The Bertz CT molecular complexity index is 129. The molecule has 1 rings (SSSR count). The average molecular weight is 171 g/mol. The molecule has 1 heterocycles. The van der Waals surface area contributed by atoms with Crippen LogP contribution in [-0.4, -0.2) is 34.7 Å². The lowest BCUT2D eigenvalue weighted by molar-refractivity contribution is 0.148. The van der Waals surface area contributed by atoms with Crippen LogP contribution in [-0.2, 0) is 0 Å². The Morgan fingerprint density at radius 2 is 1.83 bits per heavy atom. The van der Waals surface area contributed by atoms with Gasteiger partial charge in [-0.1, -0.05) is 13.8 Å². The Morgan fingerprint density at radius 3 is 2.17 bits per heavy atom. The number of β-amino-alcohol motifs (C(OH)–C–C–N with tert-alkyl or cyclic N) is 1. The van der Waals surface area contributed by atoms with Crippen LogP contribution in [0.4, 0.5) is 0 Å². The molecule has 0 saturated carbocycles. The standard InChI is InChI=1S/C10H21NO/c1-7(2)10-5-9(12)6-11(10)8(3)4/h7-10,12H,5-6H2,1-4H3/t9-,10?/m0/s1. The third kappa shape index (κ3) is 1.99. The maximum absolute atomic E-state index is 9.53. The molecule has 2 nitrogen and oxygen atoms in total. The molecule has 0 spiro atoms. The van der Waals surface area contributed by atoms with E-state index in [1.54, 1.807) is 0 Å². The average Bonchev–Trinajstić information content (AvgIpc) is 2.31. The molecule has 0 aromatic carbocycles. The number of aliphatic hydroxyl groups excluding tert-OH is 1. The fourth-order valence-electron chi connectivity index (χ4n) is 2.12. The molecule has 1 N–H and O–H groups in total. The first kappa shape index (κ1) is 10.0. The minimum atomic E-state index is -0.0974. The molecule has 72 valence electrons. The SMILES string of the molecule is CC(C)C1C[C@H](O)CN1C(C)C. The summed E-state index contributed by atoms with van der Waals surface area (Å²) in [6, 6.07) is 1.15. The quantitative estimate of drug-likeness (QED) is 0.680. The largest absolute Gasteiger partial charge is 0.392 e. The summed E-state index contributed by atoms with van der Waals surface area (Å²) in [5.41, 5.74) is 0. The summed E-state index contributed by atoms with van der Waals surface area (Å²) in [5.74, 6) is 0.657. The molecule has 2 atom stereocenters. The number of aliphatic hydroxyl groups is 1. The van der Waals surface area contributed by atoms with Gasteiger partial charge in [0, 0.05) is 18.6 Å². The van der Waals surface area contributed by atoms with Crippen LogP contribution >= 0.6 is 0 Å². The van der Waals surface area contributed by atoms with E-state index in [1.807, 2.05) is 0 Å². The zero-order valence-electron chi connectivity index (χ0n) is 8.62. The van der Waals surface area contributed by atoms with Crippen LogP contribution in [0.15, 0.2) is 0 Å². The second kappa shape index (κ2) is 3.75. The van der Waals surface area contributed by atoms with Crippen LogP contribution in [0.2, 0.25) is 0 Å². The van der Waals surface area contributed by atoms with Gasteiger partial charge in [-0.2, -0.15) is 0 Å². The van der Waals surface area contributed by atoms with E-state index >= 15 is 0 Å². The smallest absolute Gasteiger partial charge is 0.0682 e. The number of hydrogen-bond donors (Lipinski definition) is 1. The molecule has 0 amide bonds. The van der Waals surface area contributed by atoms with Crippen LogP contribution < -0.4 is 0 Å². The number of nitrogens with zero attached hydrogens (tertiary/aromatic N) is 1. The van der Waals surface area contributed by atoms with E-state index in [1.165, 1.54) is 0 Å². The van der Waals surface area contributed by atoms with Crippen molar-refractivity contribution >= 4 is 0 Å². The van der Waals surface area contributed by atoms with Crippen molar-refractivity contribution in [1.29, 1.82) is 0 Å². The van der Waals surface area contributed by atoms with Crippen molar-refractivity contribution in [2.24, 2.45) is 5.92 Å². The van der Waals surface area contributed by atoms with Gasteiger partial charge in [-0.25, -0.2) is 0 Å². The van der Waals surface area contributed by atoms with Gasteiger partial charge in [0.1, 0.15) is 0 Å². The van der Waals surface area contributed by atoms with Crippen molar-refractivity contribution in [1.82, 2.24) is 4.90 Å². The predicted molar refractivity (Wildman–Crippen MR) is 51.1 cm³/mol. The lowest BCUT2D eigenvalue weighted by atomic mass is 10.0. The molecule has 12 heavy (non-hydrogen) atoms. The lowest BCUT2D eigenvalue weighted by Crippen LogP contribution is -2.38. The highest BCUT2D eigenvalue weighted by molar-refractivity contribution is 4.88. The first-order valence-corrected chi connectivity index (χ1v) is 4.96. The molecule has 0 aliphatic carbocycles. The van der Waals surface area contributed by atoms with Crippen molar-refractivity contribution in [3.8, 4) is 0 Å². The minimum absolute atomic E-state index is 0.0974. The van der Waals surface area contributed by atoms with Gasteiger partial charge in [-0.05, 0) is 26.2 Å². The number of hydrogen-bond acceptors (Lipinski definition) is 2. The summed E-state index contributed by atoms with van der Waals surface area (Å²) in [6.45, 7) is 9.73. The van der Waals surface area contributed by atoms with E-state index in [0.717, 1.165) is 13.0 Å². The van der Waals surface area contributed by atoms with E-state index < -0.39 is 0 Å². The normalized spacial score (nSPS) is 32.2. The summed E-state index contributed by atoms with van der Waals surface area (Å²) < 4.78 is 0. The van der Waals surface area contributed by atoms with Gasteiger partial charge >= 0.3 is 0 Å². The second-order valence-corrected chi connectivity index (χ2v) is 4.49. The molecule has 1 fully saturated rings. The van der Waals surface area contributed by atoms with Crippen LogP contribution in [0.3, 0.4) is 0 Å². The third-order valence-electron chi connectivity index (χ3n) is 2.79. The van der Waals surface area contributed by atoms with Crippen LogP contribution in [0, 0.1) is 5.92 Å². The zero-order chi connectivity index (χ0) is 9.30. The topological polar surface area (TPSA) is 23.5 Å². The monoisotopic (exact) mass is 171 g/mol. The minimum Gasteiger partial charge on any atom is -0.392 e. The highest BCUT2D eigenvalue weighted by atomic mass is 16.3. The molecule has 1 aliphatic rings. The second-order valence-electron chi connectivity index (χ2n) is 4.49. The summed E-state index contributed by atoms with van der Waals surface area (Å²) in [7, 11) is 0. The molecule has 1 unspecified atom stereocenters. The summed E-state index contributed by atoms with van der Waals surface area (Å²) in [6.07, 6.45) is 0.857. The van der Waals surface area contributed by atoms with E-state index in [9.17, 15) is 5.11 Å². The molecule has 0 aromatic rings. The fraction of sp³-hybridized carbons (Fsp3) is 1.00. The van der Waals surface area contributed by atoms with Gasteiger partial charge in [0.05, 0.1) is 6.10 Å². The fourth-order valence-corrected chi connectivity index (χ4v) is 2.12. The number of likely N-dealkylation sites (tertiary alicyclic amines) is 1. The van der Waals surface area contributed by atoms with Gasteiger partial charge in [-0.15, -0.1) is 0 Å². The van der Waals surface area contributed by atoms with Gasteiger partial charge in [0.25, 0.3) is 0 Å². The Kier molecular flexibility index (Phi) is 3.13. The molecular weight excluding hydrogens is 150 g/mol. The highest BCUT2D eigenvalue weighted by Crippen LogP contribution is 2.25. The summed E-state index contributed by atoms with van der Waals surface area (Å²) in [5, 5.41) is 9.53. The van der Waals surface area contributed by atoms with Crippen molar-refractivity contribution in [2.75, 3.05) is 6.54 Å². The van der Waals surface area contributed by atoms with Gasteiger partial charge in [-0.3, -0.25) is 4.90 Å².